The molecule has 0 aliphatic heterocycles. The van der Waals surface area contributed by atoms with E-state index in [-0.39, 0.29) is 5.57 Å². The van der Waals surface area contributed by atoms with Crippen LogP contribution in [0.3, 0.4) is 0 Å². The number of nitriles is 1. The third-order valence-electron chi connectivity index (χ3n) is 5.15. The Morgan fingerprint density at radius 2 is 1.14 bits per heavy atom. The highest BCUT2D eigenvalue weighted by Crippen LogP contribution is 2.35. The minimum atomic E-state index is -1.25. The number of ether oxygens (including phenoxy) is 2. The van der Waals surface area contributed by atoms with Crippen LogP contribution in [0.2, 0.25) is 0 Å². The summed E-state index contributed by atoms with van der Waals surface area (Å²) in [6, 6.07) is 25.8. The smallest absolute Gasteiger partial charge is 0.346 e. The average Bonchev–Trinajstić information content (AvgIpc) is 2.91. The van der Waals surface area contributed by atoms with Gasteiger partial charge in [0, 0.05) is 17.1 Å². The van der Waals surface area contributed by atoms with Gasteiger partial charge in [-0.05, 0) is 71.3 Å². The zero-order valence-electron chi connectivity index (χ0n) is 20.0. The van der Waals surface area contributed by atoms with E-state index < -0.39 is 5.97 Å². The SMILES string of the molecule is CO/C=C\c1ccc(N(c2ccc(/C=C\OC)cc2)c2ccc(/C=C/C=C(/C#N)C(=O)O)cc2)cc1. The number of anilines is 3. The Morgan fingerprint density at radius 3 is 1.47 bits per heavy atom. The molecule has 6 heteroatoms. The fourth-order valence-corrected chi connectivity index (χ4v) is 3.36. The number of methoxy groups -OCH3 is 2. The predicted octanol–water partition coefficient (Wildman–Crippen LogP) is 6.94. The number of carboxylic acids is 1. The van der Waals surface area contributed by atoms with Crippen LogP contribution >= 0.6 is 0 Å². The number of rotatable bonds is 10. The maximum atomic E-state index is 11.0. The van der Waals surface area contributed by atoms with Crippen molar-refractivity contribution < 1.29 is 19.4 Å². The maximum Gasteiger partial charge on any atom is 0.346 e. The molecule has 0 aliphatic rings. The van der Waals surface area contributed by atoms with Crippen LogP contribution in [0.25, 0.3) is 18.2 Å². The molecule has 3 rings (SSSR count). The van der Waals surface area contributed by atoms with Crippen molar-refractivity contribution in [2.75, 3.05) is 19.1 Å². The van der Waals surface area contributed by atoms with Gasteiger partial charge in [0.15, 0.2) is 0 Å². The molecule has 0 atom stereocenters. The molecule has 3 aromatic carbocycles. The molecule has 0 amide bonds. The topological polar surface area (TPSA) is 82.8 Å². The molecule has 0 heterocycles. The van der Waals surface area contributed by atoms with Crippen LogP contribution in [0.4, 0.5) is 17.1 Å². The van der Waals surface area contributed by atoms with Crippen molar-refractivity contribution in [2.24, 2.45) is 0 Å². The van der Waals surface area contributed by atoms with Gasteiger partial charge in [-0.25, -0.2) is 4.79 Å². The number of carbonyl (C=O) groups is 1. The Kier molecular flexibility index (Phi) is 9.26. The highest BCUT2D eigenvalue weighted by Gasteiger charge is 2.12. The van der Waals surface area contributed by atoms with Crippen molar-refractivity contribution in [3.63, 3.8) is 0 Å². The first-order valence-corrected chi connectivity index (χ1v) is 11.1. The summed E-state index contributed by atoms with van der Waals surface area (Å²) in [6.07, 6.45) is 11.6. The van der Waals surface area contributed by atoms with Crippen LogP contribution in [0.1, 0.15) is 16.7 Å². The number of nitrogens with zero attached hydrogens (tertiary/aromatic N) is 2. The van der Waals surface area contributed by atoms with Crippen LogP contribution in [-0.2, 0) is 14.3 Å². The molecule has 36 heavy (non-hydrogen) atoms. The molecule has 0 aromatic heterocycles. The van der Waals surface area contributed by atoms with E-state index in [2.05, 4.69) is 4.90 Å². The Morgan fingerprint density at radius 1 is 0.750 bits per heavy atom. The standard InChI is InChI=1S/C30H26N2O4/c1-35-20-18-24-8-14-28(15-9-24)32(29-16-10-25(11-17-29)19-21-36-2)27-12-6-23(7-13-27)4-3-5-26(22-31)30(33)34/h3-21H,1-2H3,(H,33,34)/b4-3+,20-18-,21-19-,26-5-. The first-order chi connectivity index (χ1) is 17.5. The average molecular weight is 479 g/mol. The summed E-state index contributed by atoms with van der Waals surface area (Å²) in [4.78, 5) is 13.1. The van der Waals surface area contributed by atoms with Gasteiger partial charge >= 0.3 is 5.97 Å². The highest BCUT2D eigenvalue weighted by molar-refractivity contribution is 5.91. The van der Waals surface area contributed by atoms with Crippen molar-refractivity contribution in [1.82, 2.24) is 0 Å². The number of hydrogen-bond donors (Lipinski definition) is 1. The Balaban J connectivity index is 1.95. The zero-order valence-corrected chi connectivity index (χ0v) is 20.0. The van der Waals surface area contributed by atoms with Crippen LogP contribution < -0.4 is 4.90 Å². The molecule has 6 nitrogen and oxygen atoms in total. The van der Waals surface area contributed by atoms with E-state index in [1.54, 1.807) is 45.0 Å². The van der Waals surface area contributed by atoms with Crippen molar-refractivity contribution in [3.05, 3.63) is 120 Å². The summed E-state index contributed by atoms with van der Waals surface area (Å²) in [5.41, 5.74) is 5.51. The summed E-state index contributed by atoms with van der Waals surface area (Å²) in [6.45, 7) is 0. The number of carboxylic acid groups (broad SMARTS) is 1. The van der Waals surface area contributed by atoms with Crippen LogP contribution in [-0.4, -0.2) is 25.3 Å². The summed E-state index contributed by atoms with van der Waals surface area (Å²) in [5.74, 6) is -1.25. The predicted molar refractivity (Wildman–Crippen MR) is 144 cm³/mol. The van der Waals surface area contributed by atoms with E-state index in [9.17, 15) is 4.79 Å². The fraction of sp³-hybridized carbons (Fsp3) is 0.0667. The van der Waals surface area contributed by atoms with E-state index in [0.717, 1.165) is 33.8 Å². The van der Waals surface area contributed by atoms with Crippen LogP contribution in [0.15, 0.2) is 103 Å². The summed E-state index contributed by atoms with van der Waals surface area (Å²) >= 11 is 0. The molecule has 0 radical (unpaired) electrons. The molecule has 0 fully saturated rings. The third kappa shape index (κ3) is 6.99. The molecule has 180 valence electrons. The van der Waals surface area contributed by atoms with Crippen molar-refractivity contribution in [3.8, 4) is 6.07 Å². The molecule has 0 unspecified atom stereocenters. The number of allylic oxidation sites excluding steroid dienone is 2. The van der Waals surface area contributed by atoms with Gasteiger partial charge in [-0.2, -0.15) is 5.26 Å². The fourth-order valence-electron chi connectivity index (χ4n) is 3.36. The number of benzene rings is 3. The Bertz CT molecular complexity index is 1250. The number of aliphatic carboxylic acids is 1. The van der Waals surface area contributed by atoms with Gasteiger partial charge in [-0.3, -0.25) is 0 Å². The normalized spacial score (nSPS) is 11.6. The van der Waals surface area contributed by atoms with E-state index in [4.69, 9.17) is 19.8 Å². The highest BCUT2D eigenvalue weighted by atomic mass is 16.5. The van der Waals surface area contributed by atoms with Crippen molar-refractivity contribution in [2.45, 2.75) is 0 Å². The largest absolute Gasteiger partial charge is 0.504 e. The van der Waals surface area contributed by atoms with Crippen molar-refractivity contribution >= 4 is 41.3 Å². The van der Waals surface area contributed by atoms with E-state index >= 15 is 0 Å². The van der Waals surface area contributed by atoms with Gasteiger partial charge in [-0.15, -0.1) is 0 Å². The lowest BCUT2D eigenvalue weighted by Gasteiger charge is -2.26. The Hall–Kier alpha value is -5.02. The minimum Gasteiger partial charge on any atom is -0.504 e. The monoisotopic (exact) mass is 478 g/mol. The molecule has 0 spiro atoms. The molecular formula is C30H26N2O4. The molecule has 0 aliphatic carbocycles. The minimum absolute atomic E-state index is 0.318. The molecule has 3 aromatic rings. The maximum absolute atomic E-state index is 11.0. The van der Waals surface area contributed by atoms with Gasteiger partial charge in [0.25, 0.3) is 0 Å². The molecule has 0 saturated carbocycles. The van der Waals surface area contributed by atoms with Gasteiger partial charge in [0.05, 0.1) is 26.7 Å². The third-order valence-corrected chi connectivity index (χ3v) is 5.15. The lowest BCUT2D eigenvalue weighted by Crippen LogP contribution is -2.09. The lowest BCUT2D eigenvalue weighted by molar-refractivity contribution is -0.132. The van der Waals surface area contributed by atoms with Crippen LogP contribution in [0, 0.1) is 11.3 Å². The zero-order chi connectivity index (χ0) is 25.8. The van der Waals surface area contributed by atoms with E-state index in [0.29, 0.717) is 0 Å². The molecule has 1 N–H and O–H groups in total. The summed E-state index contributed by atoms with van der Waals surface area (Å²) in [5, 5.41) is 17.8. The first kappa shape index (κ1) is 25.6. The van der Waals surface area contributed by atoms with E-state index in [1.807, 2.05) is 84.9 Å². The van der Waals surface area contributed by atoms with Gasteiger partial charge in [0.2, 0.25) is 0 Å². The molecule has 0 bridgehead atoms. The second-order valence-corrected chi connectivity index (χ2v) is 7.54. The summed E-state index contributed by atoms with van der Waals surface area (Å²) < 4.78 is 10.0. The second-order valence-electron chi connectivity index (χ2n) is 7.54. The summed E-state index contributed by atoms with van der Waals surface area (Å²) in [7, 11) is 3.23. The van der Waals surface area contributed by atoms with Crippen LogP contribution in [0.5, 0.6) is 0 Å². The lowest BCUT2D eigenvalue weighted by atomic mass is 10.1. The second kappa shape index (κ2) is 13.0. The number of hydrogen-bond acceptors (Lipinski definition) is 5. The van der Waals surface area contributed by atoms with Crippen molar-refractivity contribution in [1.29, 1.82) is 5.26 Å². The van der Waals surface area contributed by atoms with Gasteiger partial charge in [-0.1, -0.05) is 48.6 Å². The quantitative estimate of drug-likeness (QED) is 0.147. The molecule has 0 saturated heterocycles. The first-order valence-electron chi connectivity index (χ1n) is 11.1. The van der Waals surface area contributed by atoms with E-state index in [1.165, 1.54) is 6.08 Å². The Labute approximate surface area is 211 Å². The van der Waals surface area contributed by atoms with Gasteiger partial charge in [0.1, 0.15) is 11.6 Å². The van der Waals surface area contributed by atoms with Gasteiger partial charge < -0.3 is 19.5 Å². The molecular weight excluding hydrogens is 452 g/mol.